The first-order valence-electron chi connectivity index (χ1n) is 7.72. The highest BCUT2D eigenvalue weighted by atomic mass is 35.5. The van der Waals surface area contributed by atoms with E-state index in [-0.39, 0.29) is 0 Å². The smallest absolute Gasteiger partial charge is 0.163 e. The third-order valence-electron chi connectivity index (χ3n) is 3.55. The molecule has 0 bridgehead atoms. The van der Waals surface area contributed by atoms with Gasteiger partial charge in [-0.3, -0.25) is 0 Å². The van der Waals surface area contributed by atoms with Crippen LogP contribution in [0.3, 0.4) is 0 Å². The van der Waals surface area contributed by atoms with Crippen LogP contribution in [0.5, 0.6) is 0 Å². The van der Waals surface area contributed by atoms with Crippen molar-refractivity contribution in [2.75, 3.05) is 5.32 Å². The minimum Gasteiger partial charge on any atom is -0.405 e. The number of fused-ring (bicyclic) bond motifs is 1. The Hall–Kier alpha value is -3.11. The predicted octanol–water partition coefficient (Wildman–Crippen LogP) is 4.90. The van der Waals surface area contributed by atoms with E-state index in [1.165, 1.54) is 6.20 Å². The number of hydrogen-bond donors (Lipinski definition) is 2. The summed E-state index contributed by atoms with van der Waals surface area (Å²) in [6.07, 6.45) is 6.70. The Balaban J connectivity index is 2.18. The molecule has 5 heteroatoms. The molecule has 25 heavy (non-hydrogen) atoms. The number of nitrogens with zero attached hydrogens (tertiary/aromatic N) is 2. The number of allylic oxidation sites excluding steroid dienone is 3. The number of nitrogens with two attached hydrogens (primary N) is 1. The van der Waals surface area contributed by atoms with E-state index < -0.39 is 0 Å². The molecular weight excluding hydrogens is 332 g/mol. The van der Waals surface area contributed by atoms with Crippen LogP contribution < -0.4 is 11.1 Å². The van der Waals surface area contributed by atoms with Crippen molar-refractivity contribution >= 4 is 28.3 Å². The van der Waals surface area contributed by atoms with Crippen LogP contribution in [0.4, 0.5) is 5.82 Å². The summed E-state index contributed by atoms with van der Waals surface area (Å²) in [5.74, 6) is 1.23. The molecule has 0 radical (unpaired) electrons. The number of halogens is 1. The Kier molecular flexibility index (Phi) is 5.11. The van der Waals surface area contributed by atoms with Gasteiger partial charge >= 0.3 is 0 Å². The number of para-hydroxylation sites is 1. The zero-order chi connectivity index (χ0) is 17.6. The highest BCUT2D eigenvalue weighted by Crippen LogP contribution is 2.29. The third kappa shape index (κ3) is 3.70. The van der Waals surface area contributed by atoms with Crippen LogP contribution in [0.15, 0.2) is 85.2 Å². The first-order valence-corrected chi connectivity index (χ1v) is 8.10. The molecule has 0 aliphatic carbocycles. The van der Waals surface area contributed by atoms with Gasteiger partial charge in [-0.1, -0.05) is 48.5 Å². The van der Waals surface area contributed by atoms with E-state index in [0.29, 0.717) is 16.7 Å². The second-order valence-electron chi connectivity index (χ2n) is 5.23. The summed E-state index contributed by atoms with van der Waals surface area (Å²) in [7, 11) is 0. The molecule has 0 aliphatic rings. The van der Waals surface area contributed by atoms with Crippen molar-refractivity contribution < 1.29 is 0 Å². The molecule has 0 amide bonds. The molecule has 0 aliphatic heterocycles. The van der Waals surface area contributed by atoms with Gasteiger partial charge in [-0.25, -0.2) is 9.97 Å². The second kappa shape index (κ2) is 7.64. The number of nitrogens with one attached hydrogen (secondary N) is 1. The summed E-state index contributed by atoms with van der Waals surface area (Å²) in [5, 5.41) is 4.79. The molecule has 1 heterocycles. The van der Waals surface area contributed by atoms with E-state index in [9.17, 15) is 0 Å². The van der Waals surface area contributed by atoms with Gasteiger partial charge in [0.1, 0.15) is 5.82 Å². The van der Waals surface area contributed by atoms with Crippen LogP contribution in [0.2, 0.25) is 5.02 Å². The molecule has 1 aromatic heterocycles. The van der Waals surface area contributed by atoms with Crippen LogP contribution >= 0.6 is 11.6 Å². The van der Waals surface area contributed by atoms with E-state index in [2.05, 4.69) is 21.9 Å². The first kappa shape index (κ1) is 16.7. The molecule has 124 valence electrons. The van der Waals surface area contributed by atoms with Crippen LogP contribution in [0.25, 0.3) is 22.3 Å². The van der Waals surface area contributed by atoms with E-state index in [1.807, 2.05) is 54.6 Å². The van der Waals surface area contributed by atoms with Crippen LogP contribution in [0.1, 0.15) is 0 Å². The highest BCUT2D eigenvalue weighted by molar-refractivity contribution is 6.33. The zero-order valence-corrected chi connectivity index (χ0v) is 14.2. The Morgan fingerprint density at radius 1 is 1.08 bits per heavy atom. The Bertz CT molecular complexity index is 976. The van der Waals surface area contributed by atoms with Gasteiger partial charge in [-0.05, 0) is 42.6 Å². The summed E-state index contributed by atoms with van der Waals surface area (Å²) >= 11 is 6.31. The summed E-state index contributed by atoms with van der Waals surface area (Å²) in [6.45, 7) is 3.72. The maximum Gasteiger partial charge on any atom is 0.163 e. The maximum atomic E-state index is 6.31. The fraction of sp³-hybridized carbons (Fsp3) is 0. The van der Waals surface area contributed by atoms with Crippen LogP contribution in [-0.2, 0) is 0 Å². The van der Waals surface area contributed by atoms with E-state index in [1.54, 1.807) is 12.2 Å². The fourth-order valence-electron chi connectivity index (χ4n) is 2.44. The van der Waals surface area contributed by atoms with Crippen molar-refractivity contribution in [1.29, 1.82) is 0 Å². The lowest BCUT2D eigenvalue weighted by Gasteiger charge is -2.12. The van der Waals surface area contributed by atoms with Gasteiger partial charge in [0.25, 0.3) is 0 Å². The fourth-order valence-corrected chi connectivity index (χ4v) is 2.66. The number of anilines is 1. The second-order valence-corrected chi connectivity index (χ2v) is 5.64. The van der Waals surface area contributed by atoms with Gasteiger partial charge in [0.05, 0.1) is 10.5 Å². The van der Waals surface area contributed by atoms with Crippen molar-refractivity contribution in [1.82, 2.24) is 9.97 Å². The molecule has 4 nitrogen and oxygen atoms in total. The average Bonchev–Trinajstić information content (AvgIpc) is 2.62. The Morgan fingerprint density at radius 3 is 2.60 bits per heavy atom. The normalized spacial score (nSPS) is 11.8. The van der Waals surface area contributed by atoms with E-state index in [4.69, 9.17) is 17.3 Å². The van der Waals surface area contributed by atoms with E-state index in [0.717, 1.165) is 22.2 Å². The number of benzene rings is 2. The van der Waals surface area contributed by atoms with Crippen molar-refractivity contribution in [3.8, 4) is 11.4 Å². The maximum absolute atomic E-state index is 6.31. The van der Waals surface area contributed by atoms with Gasteiger partial charge < -0.3 is 11.1 Å². The van der Waals surface area contributed by atoms with E-state index >= 15 is 0 Å². The van der Waals surface area contributed by atoms with Crippen LogP contribution in [-0.4, -0.2) is 9.97 Å². The summed E-state index contributed by atoms with van der Waals surface area (Å²) in [5.41, 5.74) is 7.89. The van der Waals surface area contributed by atoms with Gasteiger partial charge in [-0.15, -0.1) is 0 Å². The molecule has 0 spiro atoms. The molecule has 3 aromatic rings. The van der Waals surface area contributed by atoms with Crippen molar-refractivity contribution in [2.45, 2.75) is 0 Å². The average molecular weight is 349 g/mol. The lowest BCUT2D eigenvalue weighted by Crippen LogP contribution is -2.03. The summed E-state index contributed by atoms with van der Waals surface area (Å²) in [6, 6.07) is 15.3. The van der Waals surface area contributed by atoms with Crippen molar-refractivity contribution in [2.24, 2.45) is 5.73 Å². The van der Waals surface area contributed by atoms with Crippen molar-refractivity contribution in [3.63, 3.8) is 0 Å². The SMILES string of the molecule is C=C/C=C(\C=C/N)Nc1nc(-c2ccccc2Cl)nc2ccccc12. The number of hydrogen-bond acceptors (Lipinski definition) is 4. The molecule has 0 unspecified atom stereocenters. The highest BCUT2D eigenvalue weighted by Gasteiger charge is 2.11. The largest absolute Gasteiger partial charge is 0.405 e. The quantitative estimate of drug-likeness (QED) is 0.643. The monoisotopic (exact) mass is 348 g/mol. The molecule has 2 aromatic carbocycles. The minimum absolute atomic E-state index is 0.557. The predicted molar refractivity (Wildman–Crippen MR) is 105 cm³/mol. The Labute approximate surface area is 151 Å². The van der Waals surface area contributed by atoms with Crippen molar-refractivity contribution in [3.05, 3.63) is 90.3 Å². The molecule has 0 atom stereocenters. The van der Waals surface area contributed by atoms with Gasteiger partial charge in [0.15, 0.2) is 5.82 Å². The summed E-state index contributed by atoms with van der Waals surface area (Å²) in [4.78, 5) is 9.33. The minimum atomic E-state index is 0.557. The number of rotatable bonds is 5. The third-order valence-corrected chi connectivity index (χ3v) is 3.88. The van der Waals surface area contributed by atoms with Crippen LogP contribution in [0, 0.1) is 0 Å². The molecule has 0 fully saturated rings. The molecular formula is C20H17ClN4. The first-order chi connectivity index (χ1) is 12.2. The molecule has 3 rings (SSSR count). The lowest BCUT2D eigenvalue weighted by molar-refractivity contribution is 1.21. The molecule has 0 saturated heterocycles. The molecule has 3 N–H and O–H groups in total. The van der Waals surface area contributed by atoms with Gasteiger partial charge in [0.2, 0.25) is 0 Å². The van der Waals surface area contributed by atoms with Gasteiger partial charge in [0, 0.05) is 16.6 Å². The topological polar surface area (TPSA) is 63.8 Å². The summed E-state index contributed by atoms with van der Waals surface area (Å²) < 4.78 is 0. The molecule has 0 saturated carbocycles. The number of aromatic nitrogens is 2. The standard InChI is InChI=1S/C20H17ClN4/c1-2-7-14(12-13-22)23-20-16-9-4-6-11-18(16)24-19(25-20)15-8-3-5-10-17(15)21/h2-13H,1,22H2,(H,23,24,25)/b13-12-,14-7+. The Morgan fingerprint density at radius 2 is 1.84 bits per heavy atom. The van der Waals surface area contributed by atoms with Gasteiger partial charge in [-0.2, -0.15) is 0 Å². The lowest BCUT2D eigenvalue weighted by atomic mass is 10.1. The zero-order valence-electron chi connectivity index (χ0n) is 13.5.